The molecule has 176 valence electrons. The average Bonchev–Trinajstić information content (AvgIpc) is 3.41. The van der Waals surface area contributed by atoms with Crippen LogP contribution < -0.4 is 9.64 Å². The fourth-order valence-electron chi connectivity index (χ4n) is 3.61. The second kappa shape index (κ2) is 11.2. The van der Waals surface area contributed by atoms with E-state index in [4.69, 9.17) is 25.7 Å². The third kappa shape index (κ3) is 5.44. The van der Waals surface area contributed by atoms with Crippen LogP contribution in [0.25, 0.3) is 21.2 Å². The number of rotatable bonds is 9. The summed E-state index contributed by atoms with van der Waals surface area (Å²) in [7, 11) is 0. The number of furan rings is 1. The summed E-state index contributed by atoms with van der Waals surface area (Å²) in [6.07, 6.45) is 0. The van der Waals surface area contributed by atoms with E-state index in [2.05, 4.69) is 18.7 Å². The highest BCUT2D eigenvalue weighted by Crippen LogP contribution is 2.33. The third-order valence-electron chi connectivity index (χ3n) is 5.37. The smallest absolute Gasteiger partial charge is 0.295 e. The predicted molar refractivity (Wildman–Crippen MR) is 139 cm³/mol. The van der Waals surface area contributed by atoms with Crippen LogP contribution in [0.2, 0.25) is 5.02 Å². The van der Waals surface area contributed by atoms with Crippen LogP contribution in [0.3, 0.4) is 0 Å². The van der Waals surface area contributed by atoms with Gasteiger partial charge in [-0.2, -0.15) is 0 Å². The first kappa shape index (κ1) is 25.3. The average molecular weight is 508 g/mol. The molecular weight excluding hydrogens is 481 g/mol. The van der Waals surface area contributed by atoms with Crippen LogP contribution in [0.5, 0.6) is 5.75 Å². The second-order valence-corrected chi connectivity index (χ2v) is 8.76. The van der Waals surface area contributed by atoms with Gasteiger partial charge in [-0.3, -0.25) is 9.69 Å². The summed E-state index contributed by atoms with van der Waals surface area (Å²) >= 11 is 7.61. The molecule has 33 heavy (non-hydrogen) atoms. The van der Waals surface area contributed by atoms with E-state index in [1.807, 2.05) is 43.3 Å². The lowest BCUT2D eigenvalue weighted by Crippen LogP contribution is -2.38. The van der Waals surface area contributed by atoms with Gasteiger partial charge in [0, 0.05) is 23.5 Å². The summed E-state index contributed by atoms with van der Waals surface area (Å²) in [5.74, 6) is 0.679. The maximum Gasteiger partial charge on any atom is 0.295 e. The third-order valence-corrected chi connectivity index (χ3v) is 6.64. The maximum atomic E-state index is 13.6. The monoisotopic (exact) mass is 507 g/mol. The highest BCUT2D eigenvalue weighted by atomic mass is 35.5. The standard InChI is InChI=1S/C24H26ClN3O3S.ClH/c1-4-27(5-2)12-13-28(24-26-18-11-10-17(25)15-21(18)32-24)23(29)20-14-16-8-7-9-19(30-6-3)22(16)31-20;/h7-11,14-15H,4-6,12-13H2,1-3H3;1H. The van der Waals surface area contributed by atoms with E-state index >= 15 is 0 Å². The molecule has 0 aliphatic carbocycles. The number of carbonyl (C=O) groups excluding carboxylic acids is 1. The predicted octanol–water partition coefficient (Wildman–Crippen LogP) is 6.51. The minimum absolute atomic E-state index is 0. The zero-order chi connectivity index (χ0) is 22.7. The van der Waals surface area contributed by atoms with Crippen LogP contribution in [0.4, 0.5) is 5.13 Å². The molecule has 2 aromatic heterocycles. The van der Waals surface area contributed by atoms with Crippen LogP contribution in [0.15, 0.2) is 46.9 Å². The number of amides is 1. The van der Waals surface area contributed by atoms with Gasteiger partial charge in [0.2, 0.25) is 0 Å². The minimum atomic E-state index is -0.221. The number of aromatic nitrogens is 1. The molecule has 4 aromatic rings. The number of para-hydroxylation sites is 1. The lowest BCUT2D eigenvalue weighted by molar-refractivity contribution is 0.0959. The Bertz CT molecular complexity index is 1240. The maximum absolute atomic E-state index is 13.6. The molecule has 2 heterocycles. The first-order valence-corrected chi connectivity index (χ1v) is 12.0. The molecule has 4 rings (SSSR count). The normalized spacial score (nSPS) is 11.2. The summed E-state index contributed by atoms with van der Waals surface area (Å²) in [5, 5.41) is 2.11. The summed E-state index contributed by atoms with van der Waals surface area (Å²) < 4.78 is 12.6. The Morgan fingerprint density at radius 2 is 1.91 bits per heavy atom. The molecule has 0 unspecified atom stereocenters. The van der Waals surface area contributed by atoms with Gasteiger partial charge in [-0.1, -0.05) is 48.9 Å². The number of fused-ring (bicyclic) bond motifs is 2. The van der Waals surface area contributed by atoms with E-state index in [9.17, 15) is 4.79 Å². The molecule has 2 aromatic carbocycles. The summed E-state index contributed by atoms with van der Waals surface area (Å²) in [6, 6.07) is 13.0. The van der Waals surface area contributed by atoms with Crippen LogP contribution in [-0.4, -0.2) is 48.6 Å². The molecule has 0 fully saturated rings. The zero-order valence-corrected chi connectivity index (χ0v) is 21.2. The van der Waals surface area contributed by atoms with E-state index in [1.54, 1.807) is 11.0 Å². The van der Waals surface area contributed by atoms with E-state index in [0.717, 1.165) is 35.2 Å². The number of ether oxygens (including phenoxy) is 1. The number of likely N-dealkylation sites (N-methyl/N-ethyl adjacent to an activating group) is 1. The second-order valence-electron chi connectivity index (χ2n) is 7.31. The minimum Gasteiger partial charge on any atom is -0.490 e. The van der Waals surface area contributed by atoms with Crippen molar-refractivity contribution >= 4 is 67.6 Å². The zero-order valence-electron chi connectivity index (χ0n) is 18.8. The molecule has 9 heteroatoms. The van der Waals surface area contributed by atoms with Gasteiger partial charge < -0.3 is 14.1 Å². The van der Waals surface area contributed by atoms with Crippen molar-refractivity contribution in [2.75, 3.05) is 37.7 Å². The van der Waals surface area contributed by atoms with Crippen molar-refractivity contribution < 1.29 is 13.9 Å². The van der Waals surface area contributed by atoms with Gasteiger partial charge >= 0.3 is 0 Å². The number of anilines is 1. The Labute approximate surface area is 208 Å². The number of nitrogens with zero attached hydrogens (tertiary/aromatic N) is 3. The Morgan fingerprint density at radius 1 is 1.12 bits per heavy atom. The van der Waals surface area contributed by atoms with Crippen LogP contribution in [-0.2, 0) is 0 Å². The highest BCUT2D eigenvalue weighted by Gasteiger charge is 2.25. The van der Waals surface area contributed by atoms with Crippen molar-refractivity contribution in [3.8, 4) is 5.75 Å². The molecule has 0 saturated carbocycles. The summed E-state index contributed by atoms with van der Waals surface area (Å²) in [6.45, 7) is 9.74. The van der Waals surface area contributed by atoms with Crippen molar-refractivity contribution in [3.63, 3.8) is 0 Å². The van der Waals surface area contributed by atoms with Crippen LogP contribution in [0, 0.1) is 0 Å². The molecule has 0 radical (unpaired) electrons. The Morgan fingerprint density at radius 3 is 2.64 bits per heavy atom. The quantitative estimate of drug-likeness (QED) is 0.258. The van der Waals surface area contributed by atoms with Gasteiger partial charge in [0.05, 0.1) is 16.8 Å². The van der Waals surface area contributed by atoms with Crippen molar-refractivity contribution in [1.29, 1.82) is 0 Å². The molecular formula is C24H27Cl2N3O3S. The SMILES string of the molecule is CCOc1cccc2cc(C(=O)N(CCN(CC)CC)c3nc4ccc(Cl)cc4s3)oc12.Cl. The summed E-state index contributed by atoms with van der Waals surface area (Å²) in [5.41, 5.74) is 1.40. The van der Waals surface area contributed by atoms with E-state index in [0.29, 0.717) is 34.6 Å². The van der Waals surface area contributed by atoms with E-state index in [1.165, 1.54) is 11.3 Å². The fraction of sp³-hybridized carbons (Fsp3) is 0.333. The van der Waals surface area contributed by atoms with Gasteiger partial charge in [0.1, 0.15) is 0 Å². The molecule has 0 aliphatic rings. The first-order valence-electron chi connectivity index (χ1n) is 10.8. The lowest BCUT2D eigenvalue weighted by Gasteiger charge is -2.24. The largest absolute Gasteiger partial charge is 0.490 e. The molecule has 1 amide bonds. The Kier molecular flexibility index (Phi) is 8.59. The molecule has 0 spiro atoms. The van der Waals surface area contributed by atoms with Gasteiger partial charge in [-0.15, -0.1) is 12.4 Å². The fourth-order valence-corrected chi connectivity index (χ4v) is 4.88. The van der Waals surface area contributed by atoms with Crippen LogP contribution in [0.1, 0.15) is 31.3 Å². The Balaban J connectivity index is 0.00000306. The molecule has 0 N–H and O–H groups in total. The van der Waals surface area contributed by atoms with Gasteiger partial charge in [0.25, 0.3) is 5.91 Å². The topological polar surface area (TPSA) is 58.8 Å². The lowest BCUT2D eigenvalue weighted by atomic mass is 10.2. The number of thiazole rings is 1. The van der Waals surface area contributed by atoms with Gasteiger partial charge in [-0.25, -0.2) is 4.98 Å². The van der Waals surface area contributed by atoms with Crippen LogP contribution >= 0.6 is 35.3 Å². The molecule has 0 bridgehead atoms. The van der Waals surface area contributed by atoms with Crippen molar-refractivity contribution in [3.05, 3.63) is 53.2 Å². The number of hydrogen-bond acceptors (Lipinski definition) is 6. The first-order chi connectivity index (χ1) is 15.5. The Hall–Kier alpha value is -2.32. The number of carbonyl (C=O) groups is 1. The molecule has 0 aliphatic heterocycles. The number of hydrogen-bond donors (Lipinski definition) is 0. The molecule has 0 atom stereocenters. The molecule has 0 saturated heterocycles. The van der Waals surface area contributed by atoms with Gasteiger partial charge in [0.15, 0.2) is 22.2 Å². The highest BCUT2D eigenvalue weighted by molar-refractivity contribution is 7.22. The van der Waals surface area contributed by atoms with E-state index < -0.39 is 0 Å². The number of halogens is 2. The van der Waals surface area contributed by atoms with E-state index in [-0.39, 0.29) is 24.1 Å². The van der Waals surface area contributed by atoms with Crippen molar-refractivity contribution in [2.45, 2.75) is 20.8 Å². The molecule has 6 nitrogen and oxygen atoms in total. The van der Waals surface area contributed by atoms with Gasteiger partial charge in [-0.05, 0) is 50.3 Å². The van der Waals surface area contributed by atoms with Crippen molar-refractivity contribution in [1.82, 2.24) is 9.88 Å². The van der Waals surface area contributed by atoms with Crippen molar-refractivity contribution in [2.24, 2.45) is 0 Å². The number of benzene rings is 2. The summed E-state index contributed by atoms with van der Waals surface area (Å²) in [4.78, 5) is 22.3.